The predicted molar refractivity (Wildman–Crippen MR) is 51.6 cm³/mol. The van der Waals surface area contributed by atoms with E-state index in [4.69, 9.17) is 5.11 Å². The van der Waals surface area contributed by atoms with Crippen LogP contribution in [0.2, 0.25) is 0 Å². The number of carbonyl (C=O) groups is 2. The molecule has 6 nitrogen and oxygen atoms in total. The third-order valence-electron chi connectivity index (χ3n) is 1.64. The Hall–Kier alpha value is -1.98. The molecule has 0 aromatic carbocycles. The van der Waals surface area contributed by atoms with E-state index in [2.05, 4.69) is 15.3 Å². The molecule has 0 saturated heterocycles. The van der Waals surface area contributed by atoms with Gasteiger partial charge in [0.25, 0.3) is 5.91 Å². The summed E-state index contributed by atoms with van der Waals surface area (Å²) < 4.78 is 0. The maximum Gasteiger partial charge on any atom is 0.356 e. The van der Waals surface area contributed by atoms with Crippen molar-refractivity contribution in [2.24, 2.45) is 0 Å². The van der Waals surface area contributed by atoms with Crippen LogP contribution in [0.15, 0.2) is 12.4 Å². The minimum atomic E-state index is -1.16. The van der Waals surface area contributed by atoms with E-state index in [1.165, 1.54) is 0 Å². The van der Waals surface area contributed by atoms with Crippen LogP contribution in [0.5, 0.6) is 0 Å². The molecule has 0 aliphatic carbocycles. The fourth-order valence-corrected chi connectivity index (χ4v) is 0.885. The first-order chi connectivity index (χ1) is 7.15. The zero-order valence-electron chi connectivity index (χ0n) is 8.23. The molecule has 0 aliphatic rings. The van der Waals surface area contributed by atoms with Gasteiger partial charge in [0.15, 0.2) is 5.69 Å². The number of aromatic nitrogens is 2. The Bertz CT molecular complexity index is 361. The number of amides is 1. The summed E-state index contributed by atoms with van der Waals surface area (Å²) in [5.41, 5.74) is -0.0597. The van der Waals surface area contributed by atoms with Crippen LogP contribution in [0, 0.1) is 0 Å². The average Bonchev–Trinajstić information content (AvgIpc) is 2.26. The van der Waals surface area contributed by atoms with E-state index < -0.39 is 5.97 Å². The molecule has 1 amide bonds. The highest BCUT2D eigenvalue weighted by Crippen LogP contribution is 1.95. The summed E-state index contributed by atoms with van der Waals surface area (Å²) in [6.07, 6.45) is 3.03. The predicted octanol–water partition coefficient (Wildman–Crippen LogP) is 0.315. The molecule has 0 aliphatic heterocycles. The molecule has 1 rings (SSSR count). The molecule has 2 N–H and O–H groups in total. The van der Waals surface area contributed by atoms with Gasteiger partial charge in [0, 0.05) is 6.54 Å². The fourth-order valence-electron chi connectivity index (χ4n) is 0.885. The zero-order valence-corrected chi connectivity index (χ0v) is 8.23. The third-order valence-corrected chi connectivity index (χ3v) is 1.64. The van der Waals surface area contributed by atoms with E-state index in [1.807, 2.05) is 6.92 Å². The Labute approximate surface area is 86.4 Å². The van der Waals surface area contributed by atoms with E-state index in [9.17, 15) is 9.59 Å². The normalized spacial score (nSPS) is 9.67. The van der Waals surface area contributed by atoms with Crippen molar-refractivity contribution in [1.82, 2.24) is 15.3 Å². The highest BCUT2D eigenvalue weighted by atomic mass is 16.4. The van der Waals surface area contributed by atoms with Gasteiger partial charge in [-0.05, 0) is 6.42 Å². The van der Waals surface area contributed by atoms with Crippen molar-refractivity contribution >= 4 is 11.9 Å². The molecule has 80 valence electrons. The highest BCUT2D eigenvalue weighted by Gasteiger charge is 2.09. The fraction of sp³-hybridized carbons (Fsp3) is 0.333. The Morgan fingerprint density at radius 1 is 1.33 bits per heavy atom. The number of rotatable bonds is 4. The Morgan fingerprint density at radius 3 is 2.40 bits per heavy atom. The van der Waals surface area contributed by atoms with Crippen molar-refractivity contribution in [2.75, 3.05) is 6.54 Å². The smallest absolute Gasteiger partial charge is 0.356 e. The highest BCUT2D eigenvalue weighted by molar-refractivity contribution is 5.92. The number of nitrogens with one attached hydrogen (secondary N) is 1. The molecule has 0 radical (unpaired) electrons. The van der Waals surface area contributed by atoms with Crippen LogP contribution in [0.3, 0.4) is 0 Å². The summed E-state index contributed by atoms with van der Waals surface area (Å²) in [6, 6.07) is 0. The molecular formula is C9H11N3O3. The molecule has 1 aromatic rings. The van der Waals surface area contributed by atoms with Gasteiger partial charge < -0.3 is 10.4 Å². The SMILES string of the molecule is CCCNC(=O)c1cnc(C(=O)O)cn1. The first kappa shape index (κ1) is 11.1. The van der Waals surface area contributed by atoms with Crippen LogP contribution in [0.1, 0.15) is 34.3 Å². The number of carbonyl (C=O) groups excluding carboxylic acids is 1. The summed E-state index contributed by atoms with van der Waals surface area (Å²) in [5.74, 6) is -1.51. The second kappa shape index (κ2) is 5.04. The molecule has 0 unspecified atom stereocenters. The summed E-state index contributed by atoms with van der Waals surface area (Å²) in [7, 11) is 0. The first-order valence-electron chi connectivity index (χ1n) is 4.48. The summed E-state index contributed by atoms with van der Waals surface area (Å²) in [5, 5.41) is 11.2. The van der Waals surface area contributed by atoms with Crippen molar-refractivity contribution in [3.05, 3.63) is 23.8 Å². The van der Waals surface area contributed by atoms with E-state index >= 15 is 0 Å². The van der Waals surface area contributed by atoms with Gasteiger partial charge in [-0.1, -0.05) is 6.92 Å². The molecule has 1 heterocycles. The number of hydrogen-bond donors (Lipinski definition) is 2. The van der Waals surface area contributed by atoms with E-state index in [-0.39, 0.29) is 17.3 Å². The number of hydrogen-bond acceptors (Lipinski definition) is 4. The molecular weight excluding hydrogens is 198 g/mol. The molecule has 0 bridgehead atoms. The van der Waals surface area contributed by atoms with Crippen LogP contribution in [0.4, 0.5) is 0 Å². The van der Waals surface area contributed by atoms with E-state index in [0.717, 1.165) is 18.8 Å². The molecule has 0 saturated carbocycles. The lowest BCUT2D eigenvalue weighted by Gasteiger charge is -2.01. The van der Waals surface area contributed by atoms with Crippen molar-refractivity contribution in [3.63, 3.8) is 0 Å². The first-order valence-corrected chi connectivity index (χ1v) is 4.48. The molecule has 0 fully saturated rings. The summed E-state index contributed by atoms with van der Waals surface area (Å²) >= 11 is 0. The topological polar surface area (TPSA) is 92.2 Å². The van der Waals surface area contributed by atoms with Gasteiger partial charge in [-0.2, -0.15) is 0 Å². The van der Waals surface area contributed by atoms with Gasteiger partial charge >= 0.3 is 5.97 Å². The number of aromatic carboxylic acids is 1. The molecule has 1 aromatic heterocycles. The van der Waals surface area contributed by atoms with Crippen molar-refractivity contribution < 1.29 is 14.7 Å². The molecule has 15 heavy (non-hydrogen) atoms. The third kappa shape index (κ3) is 3.01. The van der Waals surface area contributed by atoms with Crippen LogP contribution < -0.4 is 5.32 Å². The maximum absolute atomic E-state index is 11.3. The van der Waals surface area contributed by atoms with Crippen LogP contribution in [-0.2, 0) is 0 Å². The minimum absolute atomic E-state index is 0.119. The van der Waals surface area contributed by atoms with Crippen LogP contribution in [-0.4, -0.2) is 33.5 Å². The summed E-state index contributed by atoms with van der Waals surface area (Å²) in [6.45, 7) is 2.49. The van der Waals surface area contributed by atoms with Gasteiger partial charge in [-0.15, -0.1) is 0 Å². The van der Waals surface area contributed by atoms with Gasteiger partial charge in [0.2, 0.25) is 0 Å². The zero-order chi connectivity index (χ0) is 11.3. The standard InChI is InChI=1S/C9H11N3O3/c1-2-3-10-8(13)6-4-12-7(5-11-6)9(14)15/h4-5H,2-3H2,1H3,(H,10,13)(H,14,15). The van der Waals surface area contributed by atoms with Crippen molar-refractivity contribution in [3.8, 4) is 0 Å². The van der Waals surface area contributed by atoms with Gasteiger partial charge in [0.05, 0.1) is 12.4 Å². The van der Waals surface area contributed by atoms with Crippen LogP contribution in [0.25, 0.3) is 0 Å². The van der Waals surface area contributed by atoms with Crippen LogP contribution >= 0.6 is 0 Å². The second-order valence-corrected chi connectivity index (χ2v) is 2.85. The lowest BCUT2D eigenvalue weighted by molar-refractivity contribution is 0.0689. The Kier molecular flexibility index (Phi) is 3.73. The van der Waals surface area contributed by atoms with E-state index in [0.29, 0.717) is 6.54 Å². The molecule has 0 spiro atoms. The molecule has 0 atom stereocenters. The maximum atomic E-state index is 11.3. The van der Waals surface area contributed by atoms with Crippen molar-refractivity contribution in [1.29, 1.82) is 0 Å². The van der Waals surface area contributed by atoms with E-state index in [1.54, 1.807) is 0 Å². The lowest BCUT2D eigenvalue weighted by atomic mass is 10.3. The minimum Gasteiger partial charge on any atom is -0.476 e. The lowest BCUT2D eigenvalue weighted by Crippen LogP contribution is -2.25. The largest absolute Gasteiger partial charge is 0.476 e. The second-order valence-electron chi connectivity index (χ2n) is 2.85. The summed E-state index contributed by atoms with van der Waals surface area (Å²) in [4.78, 5) is 29.1. The number of carboxylic acid groups (broad SMARTS) is 1. The monoisotopic (exact) mass is 209 g/mol. The van der Waals surface area contributed by atoms with Gasteiger partial charge in [0.1, 0.15) is 5.69 Å². The van der Waals surface area contributed by atoms with Gasteiger partial charge in [-0.25, -0.2) is 14.8 Å². The Balaban J connectivity index is 2.71. The average molecular weight is 209 g/mol. The molecule has 6 heteroatoms. The van der Waals surface area contributed by atoms with Gasteiger partial charge in [-0.3, -0.25) is 4.79 Å². The number of nitrogens with zero attached hydrogens (tertiary/aromatic N) is 2. The van der Waals surface area contributed by atoms with Crippen molar-refractivity contribution in [2.45, 2.75) is 13.3 Å². The number of carboxylic acids is 1. The quantitative estimate of drug-likeness (QED) is 0.744. The Morgan fingerprint density at radius 2 is 1.93 bits per heavy atom.